The van der Waals surface area contributed by atoms with Gasteiger partial charge in [0, 0.05) is 6.54 Å². The summed E-state index contributed by atoms with van der Waals surface area (Å²) in [6.45, 7) is 10.3. The van der Waals surface area contributed by atoms with Gasteiger partial charge in [-0.15, -0.1) is 0 Å². The second-order valence-electron chi connectivity index (χ2n) is 8.77. The lowest BCUT2D eigenvalue weighted by atomic mass is 9.87. The predicted molar refractivity (Wildman–Crippen MR) is 136 cm³/mol. The lowest BCUT2D eigenvalue weighted by Gasteiger charge is -2.19. The number of hydrogen-bond donors (Lipinski definition) is 2. The Morgan fingerprint density at radius 3 is 1.68 bits per heavy atom. The molecular formula is C28H36N2O4. The molecule has 0 aliphatic heterocycles. The van der Waals surface area contributed by atoms with E-state index in [2.05, 4.69) is 61.6 Å². The van der Waals surface area contributed by atoms with E-state index >= 15 is 0 Å². The van der Waals surface area contributed by atoms with Crippen molar-refractivity contribution in [3.05, 3.63) is 95.1 Å². The molecule has 0 heterocycles. The van der Waals surface area contributed by atoms with Crippen LogP contribution in [0.1, 0.15) is 49.9 Å². The van der Waals surface area contributed by atoms with Gasteiger partial charge in [0.05, 0.1) is 6.61 Å². The summed E-state index contributed by atoms with van der Waals surface area (Å²) in [7, 11) is 0. The molecule has 0 aromatic heterocycles. The van der Waals surface area contributed by atoms with Crippen molar-refractivity contribution in [1.82, 2.24) is 0 Å². The molecule has 0 saturated heterocycles. The number of rotatable bonds is 8. The average Bonchev–Trinajstić information content (AvgIpc) is 2.82. The van der Waals surface area contributed by atoms with Gasteiger partial charge < -0.3 is 25.7 Å². The van der Waals surface area contributed by atoms with Gasteiger partial charge in [-0.05, 0) is 64.9 Å². The summed E-state index contributed by atoms with van der Waals surface area (Å²) < 4.78 is 16.0. The van der Waals surface area contributed by atoms with Crippen molar-refractivity contribution in [2.45, 2.75) is 52.9 Å². The molecule has 0 aliphatic rings. The standard InChI is InChI=1S/C25H29NO2.C3H7NO2/c1-25(2,3)22-9-13-24(14-10-22)28-18-21-6-4-5-20(15-21)17-27-23-11-7-19(16-26)8-12-23;1-2-6-3(4)5/h4-15H,16-18,26H2,1-3H3;2H2,1H3,(H2,4,5). The summed E-state index contributed by atoms with van der Waals surface area (Å²) in [6, 6.07) is 24.5. The minimum atomic E-state index is -0.711. The van der Waals surface area contributed by atoms with Crippen LogP contribution in [0.5, 0.6) is 11.5 Å². The van der Waals surface area contributed by atoms with Gasteiger partial charge in [-0.3, -0.25) is 0 Å². The van der Waals surface area contributed by atoms with Crippen LogP contribution in [-0.2, 0) is 29.9 Å². The van der Waals surface area contributed by atoms with Crippen LogP contribution in [0.4, 0.5) is 4.79 Å². The van der Waals surface area contributed by atoms with Crippen molar-refractivity contribution in [2.24, 2.45) is 11.5 Å². The zero-order valence-electron chi connectivity index (χ0n) is 20.5. The highest BCUT2D eigenvalue weighted by molar-refractivity contribution is 5.64. The van der Waals surface area contributed by atoms with E-state index in [-0.39, 0.29) is 5.41 Å². The molecule has 1 amide bonds. The first kappa shape index (κ1) is 26.7. The number of carbonyl (C=O) groups is 1. The van der Waals surface area contributed by atoms with Gasteiger partial charge in [-0.2, -0.15) is 0 Å². The van der Waals surface area contributed by atoms with Gasteiger partial charge >= 0.3 is 6.09 Å². The Bertz CT molecular complexity index is 1010. The Morgan fingerprint density at radius 1 is 0.794 bits per heavy atom. The summed E-state index contributed by atoms with van der Waals surface area (Å²) in [4.78, 5) is 9.60. The first-order valence-corrected chi connectivity index (χ1v) is 11.4. The molecule has 4 N–H and O–H groups in total. The maximum atomic E-state index is 9.60. The van der Waals surface area contributed by atoms with E-state index in [4.69, 9.17) is 15.2 Å². The molecule has 6 nitrogen and oxygen atoms in total. The van der Waals surface area contributed by atoms with Gasteiger partial charge in [0.1, 0.15) is 24.7 Å². The third-order valence-electron chi connectivity index (χ3n) is 4.97. The summed E-state index contributed by atoms with van der Waals surface area (Å²) in [5.74, 6) is 1.73. The van der Waals surface area contributed by atoms with Crippen molar-refractivity contribution in [2.75, 3.05) is 6.61 Å². The second kappa shape index (κ2) is 13.3. The third kappa shape index (κ3) is 9.55. The summed E-state index contributed by atoms with van der Waals surface area (Å²) in [6.07, 6.45) is -0.711. The van der Waals surface area contributed by atoms with E-state index in [9.17, 15) is 4.79 Å². The molecule has 3 rings (SSSR count). The van der Waals surface area contributed by atoms with Gasteiger partial charge in [0.2, 0.25) is 0 Å². The van der Waals surface area contributed by atoms with E-state index in [1.807, 2.05) is 42.5 Å². The Labute approximate surface area is 202 Å². The Balaban J connectivity index is 0.000000604. The van der Waals surface area contributed by atoms with Crippen molar-refractivity contribution >= 4 is 6.09 Å². The molecule has 3 aromatic carbocycles. The van der Waals surface area contributed by atoms with Crippen LogP contribution < -0.4 is 20.9 Å². The molecule has 34 heavy (non-hydrogen) atoms. The molecule has 0 radical (unpaired) electrons. The first-order chi connectivity index (χ1) is 16.2. The maximum absolute atomic E-state index is 9.60. The molecule has 0 saturated carbocycles. The smallest absolute Gasteiger partial charge is 0.404 e. The Hall–Kier alpha value is -3.51. The van der Waals surface area contributed by atoms with E-state index in [0.717, 1.165) is 28.2 Å². The topological polar surface area (TPSA) is 96.8 Å². The van der Waals surface area contributed by atoms with Crippen molar-refractivity contribution in [3.63, 3.8) is 0 Å². The van der Waals surface area contributed by atoms with E-state index in [1.165, 1.54) is 5.56 Å². The number of benzene rings is 3. The van der Waals surface area contributed by atoms with Crippen LogP contribution >= 0.6 is 0 Å². The average molecular weight is 465 g/mol. The van der Waals surface area contributed by atoms with Crippen LogP contribution in [0, 0.1) is 0 Å². The maximum Gasteiger partial charge on any atom is 0.404 e. The minimum absolute atomic E-state index is 0.150. The molecule has 0 fully saturated rings. The monoisotopic (exact) mass is 464 g/mol. The van der Waals surface area contributed by atoms with Gasteiger partial charge in [0.15, 0.2) is 0 Å². The molecule has 0 aliphatic carbocycles. The predicted octanol–water partition coefficient (Wildman–Crippen LogP) is 5.70. The molecule has 0 unspecified atom stereocenters. The van der Waals surface area contributed by atoms with Crippen LogP contribution in [-0.4, -0.2) is 12.7 Å². The normalized spacial score (nSPS) is 10.6. The van der Waals surface area contributed by atoms with Gasteiger partial charge in [0.25, 0.3) is 0 Å². The fourth-order valence-corrected chi connectivity index (χ4v) is 3.06. The quantitative estimate of drug-likeness (QED) is 0.445. The molecule has 6 heteroatoms. The summed E-state index contributed by atoms with van der Waals surface area (Å²) in [5, 5.41) is 0. The van der Waals surface area contributed by atoms with Crippen molar-refractivity contribution in [1.29, 1.82) is 0 Å². The molecule has 0 spiro atoms. The fourth-order valence-electron chi connectivity index (χ4n) is 3.06. The fraction of sp³-hybridized carbons (Fsp3) is 0.321. The summed E-state index contributed by atoms with van der Waals surface area (Å²) in [5.41, 5.74) is 15.0. The largest absolute Gasteiger partial charge is 0.489 e. The Kier molecular flexibility index (Phi) is 10.4. The van der Waals surface area contributed by atoms with Gasteiger partial charge in [-0.25, -0.2) is 4.79 Å². The van der Waals surface area contributed by atoms with Gasteiger partial charge in [-0.1, -0.05) is 63.2 Å². The number of hydrogen-bond acceptors (Lipinski definition) is 5. The summed E-state index contributed by atoms with van der Waals surface area (Å²) >= 11 is 0. The highest BCUT2D eigenvalue weighted by Gasteiger charge is 2.13. The lowest BCUT2D eigenvalue weighted by molar-refractivity contribution is 0.163. The Morgan fingerprint density at radius 2 is 1.29 bits per heavy atom. The zero-order valence-corrected chi connectivity index (χ0v) is 20.5. The highest BCUT2D eigenvalue weighted by Crippen LogP contribution is 2.24. The highest BCUT2D eigenvalue weighted by atomic mass is 16.5. The molecule has 3 aromatic rings. The minimum Gasteiger partial charge on any atom is -0.489 e. The lowest BCUT2D eigenvalue weighted by Crippen LogP contribution is -2.11. The third-order valence-corrected chi connectivity index (χ3v) is 4.97. The van der Waals surface area contributed by atoms with Crippen molar-refractivity contribution in [3.8, 4) is 11.5 Å². The van der Waals surface area contributed by atoms with Crippen LogP contribution in [0.25, 0.3) is 0 Å². The van der Waals surface area contributed by atoms with E-state index in [0.29, 0.717) is 26.4 Å². The van der Waals surface area contributed by atoms with Crippen LogP contribution in [0.15, 0.2) is 72.8 Å². The number of carbonyl (C=O) groups excluding carboxylic acids is 1. The molecule has 182 valence electrons. The number of nitrogens with two attached hydrogens (primary N) is 2. The van der Waals surface area contributed by atoms with Crippen LogP contribution in [0.3, 0.4) is 0 Å². The number of ether oxygens (including phenoxy) is 3. The van der Waals surface area contributed by atoms with Crippen molar-refractivity contribution < 1.29 is 19.0 Å². The SMILES string of the molecule is CC(C)(C)c1ccc(OCc2cccc(COc3ccc(CN)cc3)c2)cc1.CCOC(N)=O. The van der Waals surface area contributed by atoms with E-state index < -0.39 is 6.09 Å². The van der Waals surface area contributed by atoms with Crippen LogP contribution in [0.2, 0.25) is 0 Å². The number of amides is 1. The zero-order chi connectivity index (χ0) is 25.0. The molecular weight excluding hydrogens is 428 g/mol. The number of primary amides is 1. The second-order valence-corrected chi connectivity index (χ2v) is 8.77. The van der Waals surface area contributed by atoms with E-state index in [1.54, 1.807) is 6.92 Å². The molecule has 0 bridgehead atoms. The molecule has 0 atom stereocenters. The first-order valence-electron chi connectivity index (χ1n) is 11.4.